The third-order valence-electron chi connectivity index (χ3n) is 5.49. The second-order valence-corrected chi connectivity index (χ2v) is 7.49. The minimum absolute atomic E-state index is 0.0408. The fourth-order valence-corrected chi connectivity index (χ4v) is 3.71. The van der Waals surface area contributed by atoms with Crippen LogP contribution in [0, 0.1) is 0 Å². The average molecular weight is 395 g/mol. The number of rotatable bonds is 8. The van der Waals surface area contributed by atoms with Crippen LogP contribution < -0.4 is 14.8 Å². The van der Waals surface area contributed by atoms with Gasteiger partial charge in [-0.3, -0.25) is 4.79 Å². The summed E-state index contributed by atoms with van der Waals surface area (Å²) in [6.07, 6.45) is 3.38. The van der Waals surface area contributed by atoms with Crippen LogP contribution in [0.2, 0.25) is 0 Å². The van der Waals surface area contributed by atoms with E-state index in [1.807, 2.05) is 44.3 Å². The van der Waals surface area contributed by atoms with Crippen LogP contribution in [0.5, 0.6) is 11.5 Å². The molecule has 3 rings (SSSR count). The lowest BCUT2D eigenvalue weighted by Gasteiger charge is -2.20. The lowest BCUT2D eigenvalue weighted by atomic mass is 9.87. The molecule has 0 fully saturated rings. The summed E-state index contributed by atoms with van der Waals surface area (Å²) in [6, 6.07) is 14.3. The molecule has 1 amide bonds. The van der Waals surface area contributed by atoms with Crippen LogP contribution in [0.4, 0.5) is 0 Å². The van der Waals surface area contributed by atoms with Gasteiger partial charge in [0.2, 0.25) is 5.91 Å². The van der Waals surface area contributed by atoms with Gasteiger partial charge >= 0.3 is 0 Å². The number of nitrogens with one attached hydrogen (secondary N) is 1. The summed E-state index contributed by atoms with van der Waals surface area (Å²) < 4.78 is 13.1. The van der Waals surface area contributed by atoms with Crippen molar-refractivity contribution in [2.75, 3.05) is 14.2 Å². The predicted octanol–water partition coefficient (Wildman–Crippen LogP) is 4.63. The molecule has 0 saturated carbocycles. The van der Waals surface area contributed by atoms with Gasteiger partial charge in [-0.05, 0) is 42.7 Å². The van der Waals surface area contributed by atoms with Crippen LogP contribution in [0.15, 0.2) is 48.7 Å². The third kappa shape index (κ3) is 4.56. The van der Waals surface area contributed by atoms with E-state index in [1.54, 1.807) is 14.2 Å². The molecule has 0 spiro atoms. The number of fused-ring (bicyclic) bond motifs is 1. The van der Waals surface area contributed by atoms with E-state index in [0.29, 0.717) is 17.9 Å². The van der Waals surface area contributed by atoms with Crippen LogP contribution in [-0.2, 0) is 11.8 Å². The highest BCUT2D eigenvalue weighted by Gasteiger charge is 2.24. The Hall–Kier alpha value is -2.95. The molecule has 2 aromatic carbocycles. The lowest BCUT2D eigenvalue weighted by Crippen LogP contribution is -2.33. The van der Waals surface area contributed by atoms with Crippen molar-refractivity contribution in [3.63, 3.8) is 0 Å². The number of ether oxygens (including phenoxy) is 2. The largest absolute Gasteiger partial charge is 0.497 e. The van der Waals surface area contributed by atoms with E-state index in [-0.39, 0.29) is 17.9 Å². The third-order valence-corrected chi connectivity index (χ3v) is 5.49. The number of carbonyl (C=O) groups is 1. The van der Waals surface area contributed by atoms with Crippen LogP contribution in [0.3, 0.4) is 0 Å². The zero-order valence-corrected chi connectivity index (χ0v) is 17.9. The predicted molar refractivity (Wildman–Crippen MR) is 117 cm³/mol. The number of amides is 1. The molecule has 0 saturated heterocycles. The van der Waals surface area contributed by atoms with Crippen molar-refractivity contribution < 1.29 is 14.3 Å². The van der Waals surface area contributed by atoms with Gasteiger partial charge in [-0.15, -0.1) is 0 Å². The van der Waals surface area contributed by atoms with Crippen LogP contribution in [0.1, 0.15) is 43.7 Å². The highest BCUT2D eigenvalue weighted by atomic mass is 16.5. The maximum Gasteiger partial charge on any atom is 0.221 e. The first-order valence-corrected chi connectivity index (χ1v) is 10.0. The molecule has 0 aliphatic heterocycles. The van der Waals surface area contributed by atoms with Crippen molar-refractivity contribution in [3.8, 4) is 11.5 Å². The van der Waals surface area contributed by atoms with Gasteiger partial charge in [0.1, 0.15) is 11.5 Å². The summed E-state index contributed by atoms with van der Waals surface area (Å²) in [5, 5.41) is 4.25. The fourth-order valence-electron chi connectivity index (χ4n) is 3.71. The lowest BCUT2D eigenvalue weighted by molar-refractivity contribution is -0.121. The van der Waals surface area contributed by atoms with E-state index >= 15 is 0 Å². The average Bonchev–Trinajstić information content (AvgIpc) is 3.08. The molecule has 2 atom stereocenters. The number of aryl methyl sites for hydroxylation is 1. The number of carbonyl (C=O) groups excluding carboxylic acids is 1. The number of methoxy groups -OCH3 is 2. The molecule has 0 aliphatic rings. The van der Waals surface area contributed by atoms with Gasteiger partial charge in [-0.25, -0.2) is 0 Å². The van der Waals surface area contributed by atoms with Crippen molar-refractivity contribution in [3.05, 3.63) is 59.8 Å². The van der Waals surface area contributed by atoms with Crippen molar-refractivity contribution >= 4 is 16.8 Å². The van der Waals surface area contributed by atoms with E-state index < -0.39 is 0 Å². The summed E-state index contributed by atoms with van der Waals surface area (Å²) in [6.45, 7) is 4.10. The van der Waals surface area contributed by atoms with E-state index in [4.69, 9.17) is 9.47 Å². The fraction of sp³-hybridized carbons (Fsp3) is 0.375. The van der Waals surface area contributed by atoms with Crippen molar-refractivity contribution in [2.24, 2.45) is 7.05 Å². The summed E-state index contributed by atoms with van der Waals surface area (Å²) in [4.78, 5) is 12.8. The zero-order chi connectivity index (χ0) is 21.0. The number of para-hydroxylation sites is 1. The number of aromatic nitrogens is 1. The van der Waals surface area contributed by atoms with Crippen LogP contribution >= 0.6 is 0 Å². The summed E-state index contributed by atoms with van der Waals surface area (Å²) >= 11 is 0. The summed E-state index contributed by atoms with van der Waals surface area (Å²) in [5.41, 5.74) is 3.26. The Morgan fingerprint density at radius 2 is 1.76 bits per heavy atom. The number of nitrogens with zero attached hydrogens (tertiary/aromatic N) is 1. The quantitative estimate of drug-likeness (QED) is 0.606. The highest BCUT2D eigenvalue weighted by molar-refractivity contribution is 5.86. The molecule has 1 aromatic heterocycles. The molecule has 2 unspecified atom stereocenters. The molecule has 154 valence electrons. The van der Waals surface area contributed by atoms with Gasteiger partial charge in [-0.1, -0.05) is 25.1 Å². The first-order chi connectivity index (χ1) is 14.0. The molecule has 1 heterocycles. The Balaban J connectivity index is 2.10. The molecule has 0 radical (unpaired) electrons. The smallest absolute Gasteiger partial charge is 0.221 e. The maximum atomic E-state index is 12.8. The first-order valence-electron chi connectivity index (χ1n) is 10.0. The zero-order valence-electron chi connectivity index (χ0n) is 17.9. The van der Waals surface area contributed by atoms with Crippen molar-refractivity contribution in [2.45, 2.75) is 38.6 Å². The Labute approximate surface area is 172 Å². The molecule has 3 aromatic rings. The number of hydrogen-bond acceptors (Lipinski definition) is 3. The van der Waals surface area contributed by atoms with E-state index in [0.717, 1.165) is 28.5 Å². The van der Waals surface area contributed by atoms with Gasteiger partial charge in [0.05, 0.1) is 14.2 Å². The van der Waals surface area contributed by atoms with Crippen LogP contribution in [0.25, 0.3) is 10.9 Å². The van der Waals surface area contributed by atoms with E-state index in [2.05, 4.69) is 35.1 Å². The Morgan fingerprint density at radius 3 is 2.38 bits per heavy atom. The normalized spacial score (nSPS) is 13.1. The van der Waals surface area contributed by atoms with Gasteiger partial charge < -0.3 is 19.4 Å². The molecular weight excluding hydrogens is 364 g/mol. The second kappa shape index (κ2) is 9.03. The van der Waals surface area contributed by atoms with E-state index in [1.165, 1.54) is 0 Å². The maximum absolute atomic E-state index is 12.8. The SMILES string of the molecule is CCC(C)NC(=O)CC(c1cc(OC)cc(OC)c1)c1cn(C)c2ccccc12. The Morgan fingerprint density at radius 1 is 1.10 bits per heavy atom. The number of hydrogen-bond donors (Lipinski definition) is 1. The molecular formula is C24H30N2O3. The molecule has 5 heteroatoms. The molecule has 0 bridgehead atoms. The van der Waals surface area contributed by atoms with Crippen LogP contribution in [-0.4, -0.2) is 30.7 Å². The molecule has 0 aliphatic carbocycles. The molecule has 5 nitrogen and oxygen atoms in total. The summed E-state index contributed by atoms with van der Waals surface area (Å²) in [5.74, 6) is 1.35. The first kappa shape index (κ1) is 20.8. The Bertz CT molecular complexity index is 971. The monoisotopic (exact) mass is 394 g/mol. The minimum atomic E-state index is -0.117. The van der Waals surface area contributed by atoms with Gasteiger partial charge in [0.25, 0.3) is 0 Å². The Kier molecular flexibility index (Phi) is 6.47. The minimum Gasteiger partial charge on any atom is -0.497 e. The standard InChI is InChI=1S/C24H30N2O3/c1-6-16(2)25-24(27)14-21(17-11-18(28-4)13-19(12-17)29-5)22-15-26(3)23-10-8-7-9-20(22)23/h7-13,15-16,21H,6,14H2,1-5H3,(H,25,27). The van der Waals surface area contributed by atoms with Gasteiger partial charge in [0.15, 0.2) is 0 Å². The second-order valence-electron chi connectivity index (χ2n) is 7.49. The molecule has 29 heavy (non-hydrogen) atoms. The topological polar surface area (TPSA) is 52.5 Å². The van der Waals surface area contributed by atoms with Crippen molar-refractivity contribution in [1.29, 1.82) is 0 Å². The molecule has 1 N–H and O–H groups in total. The van der Waals surface area contributed by atoms with Gasteiger partial charge in [-0.2, -0.15) is 0 Å². The number of benzene rings is 2. The van der Waals surface area contributed by atoms with E-state index in [9.17, 15) is 4.79 Å². The highest BCUT2D eigenvalue weighted by Crippen LogP contribution is 2.37. The van der Waals surface area contributed by atoms with Gasteiger partial charge in [0, 0.05) is 48.6 Å². The summed E-state index contributed by atoms with van der Waals surface area (Å²) in [7, 11) is 5.32. The van der Waals surface area contributed by atoms with Crippen molar-refractivity contribution in [1.82, 2.24) is 9.88 Å².